The monoisotopic (exact) mass is 536 g/mol. The standard InChI is InChI=1S/C27H29ClN6O4/c1-3-23(35)33-10-5-4-7-19(16-33)34-24-21(28)14-20(38-27(37)32-11-6-12-32)15-22(24)30-26(34)31-25(36)18-8-9-29-17(2)13-18/h3,8-9,13-15,19H,1,4-7,10-12,16H2,2H3,(H,30,31,36)/t19-/m1/s1. The van der Waals surface area contributed by atoms with Gasteiger partial charge in [-0.25, -0.2) is 9.78 Å². The minimum atomic E-state index is -0.435. The minimum absolute atomic E-state index is 0.148. The normalized spacial score (nSPS) is 17.5. The second-order valence-electron chi connectivity index (χ2n) is 9.56. The third-order valence-corrected chi connectivity index (χ3v) is 7.20. The summed E-state index contributed by atoms with van der Waals surface area (Å²) in [5, 5.41) is 3.26. The van der Waals surface area contributed by atoms with Crippen LogP contribution >= 0.6 is 11.6 Å². The molecule has 0 unspecified atom stereocenters. The van der Waals surface area contributed by atoms with Crippen molar-refractivity contribution < 1.29 is 19.1 Å². The molecule has 0 aliphatic carbocycles. The maximum absolute atomic E-state index is 13.2. The van der Waals surface area contributed by atoms with Crippen LogP contribution in [-0.2, 0) is 4.79 Å². The number of aromatic nitrogens is 3. The summed E-state index contributed by atoms with van der Waals surface area (Å²) >= 11 is 6.77. The van der Waals surface area contributed by atoms with E-state index in [1.165, 1.54) is 6.08 Å². The summed E-state index contributed by atoms with van der Waals surface area (Å²) in [6.45, 7) is 7.80. The maximum Gasteiger partial charge on any atom is 0.415 e. The van der Waals surface area contributed by atoms with Gasteiger partial charge in [-0.2, -0.15) is 0 Å². The highest BCUT2D eigenvalue weighted by Gasteiger charge is 2.29. The van der Waals surface area contributed by atoms with Gasteiger partial charge in [0.05, 0.1) is 22.1 Å². The maximum atomic E-state index is 13.2. The third kappa shape index (κ3) is 5.22. The van der Waals surface area contributed by atoms with E-state index in [1.807, 2.05) is 11.5 Å². The van der Waals surface area contributed by atoms with Crippen molar-refractivity contribution in [3.8, 4) is 5.75 Å². The zero-order valence-corrected chi connectivity index (χ0v) is 21.9. The first-order valence-corrected chi connectivity index (χ1v) is 13.1. The van der Waals surface area contributed by atoms with Crippen LogP contribution in [0.4, 0.5) is 10.7 Å². The molecule has 1 atom stereocenters. The van der Waals surface area contributed by atoms with Gasteiger partial charge in [-0.15, -0.1) is 0 Å². The topological polar surface area (TPSA) is 110 Å². The van der Waals surface area contributed by atoms with Crippen LogP contribution in [0, 0.1) is 6.92 Å². The first-order chi connectivity index (χ1) is 18.3. The molecule has 2 saturated heterocycles. The van der Waals surface area contributed by atoms with Crippen molar-refractivity contribution in [2.45, 2.75) is 38.6 Å². The minimum Gasteiger partial charge on any atom is -0.410 e. The number of aryl methyl sites for hydroxylation is 1. The average molecular weight is 537 g/mol. The average Bonchev–Trinajstić information content (AvgIpc) is 3.03. The van der Waals surface area contributed by atoms with Crippen LogP contribution < -0.4 is 10.1 Å². The van der Waals surface area contributed by atoms with Crippen LogP contribution in [0.15, 0.2) is 43.1 Å². The fourth-order valence-electron chi connectivity index (χ4n) is 4.84. The molecule has 5 rings (SSSR count). The van der Waals surface area contributed by atoms with Crippen LogP contribution in [-0.4, -0.2) is 68.4 Å². The number of nitrogens with one attached hydrogen (secondary N) is 1. The number of carbonyl (C=O) groups is 3. The lowest BCUT2D eigenvalue weighted by Gasteiger charge is -2.29. The summed E-state index contributed by atoms with van der Waals surface area (Å²) in [6, 6.07) is 6.35. The van der Waals surface area contributed by atoms with Crippen LogP contribution in [0.1, 0.15) is 47.8 Å². The van der Waals surface area contributed by atoms with Gasteiger partial charge >= 0.3 is 6.09 Å². The molecule has 198 valence electrons. The molecule has 2 aliphatic heterocycles. The summed E-state index contributed by atoms with van der Waals surface area (Å²) in [7, 11) is 0. The lowest BCUT2D eigenvalue weighted by atomic mass is 10.1. The highest BCUT2D eigenvalue weighted by Crippen LogP contribution is 2.36. The molecule has 1 N–H and O–H groups in total. The van der Waals surface area contributed by atoms with E-state index in [4.69, 9.17) is 21.3 Å². The largest absolute Gasteiger partial charge is 0.415 e. The molecule has 2 aromatic heterocycles. The van der Waals surface area contributed by atoms with E-state index in [1.54, 1.807) is 40.3 Å². The fraction of sp³-hybridized carbons (Fsp3) is 0.370. The number of halogens is 1. The zero-order valence-electron chi connectivity index (χ0n) is 21.2. The first-order valence-electron chi connectivity index (χ1n) is 12.7. The van der Waals surface area contributed by atoms with Crippen LogP contribution in [0.3, 0.4) is 0 Å². The number of likely N-dealkylation sites (tertiary alicyclic amines) is 2. The summed E-state index contributed by atoms with van der Waals surface area (Å²) in [5.74, 6) is 0.0761. The highest BCUT2D eigenvalue weighted by molar-refractivity contribution is 6.35. The number of hydrogen-bond acceptors (Lipinski definition) is 6. The van der Waals surface area contributed by atoms with E-state index >= 15 is 0 Å². The number of imidazole rings is 1. The lowest BCUT2D eigenvalue weighted by molar-refractivity contribution is -0.126. The first kappa shape index (κ1) is 25.7. The van der Waals surface area contributed by atoms with Gasteiger partial charge in [0, 0.05) is 55.8 Å². The molecular formula is C27H29ClN6O4. The Morgan fingerprint density at radius 3 is 2.63 bits per heavy atom. The summed E-state index contributed by atoms with van der Waals surface area (Å²) in [6.07, 6.45) is 5.89. The quantitative estimate of drug-likeness (QED) is 0.478. The number of carbonyl (C=O) groups excluding carboxylic acids is 3. The van der Waals surface area contributed by atoms with Gasteiger partial charge in [0.2, 0.25) is 11.9 Å². The Kier molecular flexibility index (Phi) is 7.33. The number of ether oxygens (including phenoxy) is 1. The highest BCUT2D eigenvalue weighted by atomic mass is 35.5. The van der Waals surface area contributed by atoms with E-state index in [0.29, 0.717) is 59.4 Å². The fourth-order valence-corrected chi connectivity index (χ4v) is 5.14. The number of hydrogen-bond donors (Lipinski definition) is 1. The van der Waals surface area contributed by atoms with Crippen molar-refractivity contribution in [3.05, 3.63) is 59.4 Å². The molecule has 0 radical (unpaired) electrons. The molecular weight excluding hydrogens is 508 g/mol. The molecule has 2 aliphatic rings. The third-order valence-electron chi connectivity index (χ3n) is 6.91. The van der Waals surface area contributed by atoms with Crippen molar-refractivity contribution in [2.24, 2.45) is 0 Å². The summed E-state index contributed by atoms with van der Waals surface area (Å²) in [5.41, 5.74) is 2.21. The van der Waals surface area contributed by atoms with Gasteiger partial charge in [-0.05, 0) is 50.8 Å². The van der Waals surface area contributed by atoms with Crippen molar-refractivity contribution in [2.75, 3.05) is 31.5 Å². The van der Waals surface area contributed by atoms with Gasteiger partial charge < -0.3 is 19.1 Å². The van der Waals surface area contributed by atoms with E-state index in [2.05, 4.69) is 16.9 Å². The molecule has 0 spiro atoms. The van der Waals surface area contributed by atoms with Crippen LogP contribution in [0.2, 0.25) is 5.02 Å². The van der Waals surface area contributed by atoms with Gasteiger partial charge in [0.25, 0.3) is 5.91 Å². The van der Waals surface area contributed by atoms with Crippen LogP contribution in [0.25, 0.3) is 11.0 Å². The molecule has 3 aromatic rings. The molecule has 38 heavy (non-hydrogen) atoms. The molecule has 1 aromatic carbocycles. The second-order valence-corrected chi connectivity index (χ2v) is 9.97. The Morgan fingerprint density at radius 2 is 1.92 bits per heavy atom. The summed E-state index contributed by atoms with van der Waals surface area (Å²) < 4.78 is 7.43. The van der Waals surface area contributed by atoms with E-state index in [-0.39, 0.29) is 23.6 Å². The van der Waals surface area contributed by atoms with Crippen molar-refractivity contribution >= 4 is 46.5 Å². The molecule has 0 bridgehead atoms. The number of amides is 3. The number of nitrogens with zero attached hydrogens (tertiary/aromatic N) is 5. The predicted octanol–water partition coefficient (Wildman–Crippen LogP) is 4.59. The Balaban J connectivity index is 1.56. The van der Waals surface area contributed by atoms with E-state index in [9.17, 15) is 14.4 Å². The Morgan fingerprint density at radius 1 is 1.13 bits per heavy atom. The molecule has 0 saturated carbocycles. The number of benzene rings is 1. The van der Waals surface area contributed by atoms with Crippen molar-refractivity contribution in [1.82, 2.24) is 24.3 Å². The number of pyridine rings is 1. The van der Waals surface area contributed by atoms with Gasteiger partial charge in [-0.3, -0.25) is 19.9 Å². The molecule has 10 nitrogen and oxygen atoms in total. The van der Waals surface area contributed by atoms with Gasteiger partial charge in [0.15, 0.2) is 0 Å². The second kappa shape index (κ2) is 10.8. The number of anilines is 1. The Hall–Kier alpha value is -3.92. The lowest BCUT2D eigenvalue weighted by Crippen LogP contribution is -2.43. The van der Waals surface area contributed by atoms with E-state index in [0.717, 1.165) is 25.7 Å². The smallest absolute Gasteiger partial charge is 0.410 e. The SMILES string of the molecule is C=CC(=O)N1CCCC[C@@H](n2c(NC(=O)c3ccnc(C)c3)nc3cc(OC(=O)N4CCC4)cc(Cl)c32)C1. The van der Waals surface area contributed by atoms with E-state index < -0.39 is 6.09 Å². The number of rotatable bonds is 5. The Labute approximate surface area is 225 Å². The van der Waals surface area contributed by atoms with Crippen molar-refractivity contribution in [3.63, 3.8) is 0 Å². The zero-order chi connectivity index (χ0) is 26.8. The molecule has 3 amide bonds. The summed E-state index contributed by atoms with van der Waals surface area (Å²) in [4.78, 5) is 50.3. The van der Waals surface area contributed by atoms with Crippen LogP contribution in [0.5, 0.6) is 5.75 Å². The number of fused-ring (bicyclic) bond motifs is 1. The predicted molar refractivity (Wildman–Crippen MR) is 144 cm³/mol. The molecule has 2 fully saturated rings. The van der Waals surface area contributed by atoms with Crippen molar-refractivity contribution in [1.29, 1.82) is 0 Å². The molecule has 11 heteroatoms. The molecule has 4 heterocycles. The van der Waals surface area contributed by atoms with Gasteiger partial charge in [0.1, 0.15) is 5.75 Å². The Bertz CT molecular complexity index is 1420. The van der Waals surface area contributed by atoms with Gasteiger partial charge in [-0.1, -0.05) is 18.2 Å².